The van der Waals surface area contributed by atoms with Gasteiger partial charge in [-0.25, -0.2) is 0 Å². The van der Waals surface area contributed by atoms with Crippen LogP contribution in [0.25, 0.3) is 0 Å². The number of aldehydes is 1. The lowest BCUT2D eigenvalue weighted by molar-refractivity contribution is -0.109. The van der Waals surface area contributed by atoms with Gasteiger partial charge in [-0.15, -0.1) is 0 Å². The largest absolute Gasteiger partial charge is 0.303 e. The maximum atomic E-state index is 12.4. The Bertz CT molecular complexity index is 370. The molecule has 0 aliphatic carbocycles. The molecule has 1 atom stereocenters. The Balaban J connectivity index is 2.90. The van der Waals surface area contributed by atoms with Gasteiger partial charge in [-0.3, -0.25) is 4.79 Å². The second-order valence-corrected chi connectivity index (χ2v) is 4.73. The van der Waals surface area contributed by atoms with Gasteiger partial charge in [-0.05, 0) is 6.42 Å². The third kappa shape index (κ3) is 3.52. The maximum Gasteiger partial charge on any atom is 0.169 e. The molecule has 1 aromatic carbocycles. The minimum atomic E-state index is -0.543. The summed E-state index contributed by atoms with van der Waals surface area (Å²) in [5.41, 5.74) is 0.159. The molecular weight excluding hydrogens is 212 g/mol. The first-order chi connectivity index (χ1) is 8.14. The SMILES string of the molecule is CCCCC(C)(CC=O)C(=O)c1ccccc1. The Kier molecular flexibility index (Phi) is 5.08. The Hall–Kier alpha value is -1.44. The fourth-order valence-electron chi connectivity index (χ4n) is 2.00. The molecule has 2 nitrogen and oxygen atoms in total. The van der Waals surface area contributed by atoms with Crippen LogP contribution in [0.4, 0.5) is 0 Å². The summed E-state index contributed by atoms with van der Waals surface area (Å²) in [5, 5.41) is 0. The van der Waals surface area contributed by atoms with Gasteiger partial charge < -0.3 is 4.79 Å². The number of unbranched alkanes of at least 4 members (excludes halogenated alkanes) is 1. The van der Waals surface area contributed by atoms with E-state index in [-0.39, 0.29) is 5.78 Å². The van der Waals surface area contributed by atoms with E-state index in [0.717, 1.165) is 25.5 Å². The van der Waals surface area contributed by atoms with E-state index in [9.17, 15) is 9.59 Å². The van der Waals surface area contributed by atoms with E-state index in [4.69, 9.17) is 0 Å². The predicted molar refractivity (Wildman–Crippen MR) is 69.1 cm³/mol. The van der Waals surface area contributed by atoms with Gasteiger partial charge in [0.2, 0.25) is 0 Å². The van der Waals surface area contributed by atoms with Crippen LogP contribution < -0.4 is 0 Å². The van der Waals surface area contributed by atoms with Crippen molar-refractivity contribution in [2.75, 3.05) is 0 Å². The van der Waals surface area contributed by atoms with Crippen molar-refractivity contribution < 1.29 is 9.59 Å². The van der Waals surface area contributed by atoms with Gasteiger partial charge in [0, 0.05) is 17.4 Å². The number of hydrogen-bond acceptors (Lipinski definition) is 2. The average molecular weight is 232 g/mol. The molecule has 1 rings (SSSR count). The third-order valence-corrected chi connectivity index (χ3v) is 3.20. The molecule has 17 heavy (non-hydrogen) atoms. The molecule has 0 spiro atoms. The van der Waals surface area contributed by atoms with Crippen LogP contribution in [0.2, 0.25) is 0 Å². The van der Waals surface area contributed by atoms with E-state index in [1.165, 1.54) is 0 Å². The summed E-state index contributed by atoms with van der Waals surface area (Å²) in [6, 6.07) is 9.23. The van der Waals surface area contributed by atoms with Crippen LogP contribution in [0.3, 0.4) is 0 Å². The van der Waals surface area contributed by atoms with Crippen LogP contribution in [-0.4, -0.2) is 12.1 Å². The van der Waals surface area contributed by atoms with E-state index in [0.29, 0.717) is 12.0 Å². The Labute approximate surface area is 103 Å². The number of carbonyl (C=O) groups excluding carboxylic acids is 2. The zero-order chi connectivity index (χ0) is 12.7. The van der Waals surface area contributed by atoms with Crippen molar-refractivity contribution in [3.8, 4) is 0 Å². The highest BCUT2D eigenvalue weighted by Crippen LogP contribution is 2.31. The first-order valence-electron chi connectivity index (χ1n) is 6.17. The van der Waals surface area contributed by atoms with Gasteiger partial charge in [0.15, 0.2) is 5.78 Å². The third-order valence-electron chi connectivity index (χ3n) is 3.20. The van der Waals surface area contributed by atoms with E-state index in [1.807, 2.05) is 37.3 Å². The topological polar surface area (TPSA) is 34.1 Å². The minimum absolute atomic E-state index is 0.0821. The maximum absolute atomic E-state index is 12.4. The Morgan fingerprint density at radius 1 is 1.29 bits per heavy atom. The van der Waals surface area contributed by atoms with E-state index >= 15 is 0 Å². The molecule has 92 valence electrons. The molecule has 0 aliphatic heterocycles. The molecule has 0 N–H and O–H groups in total. The molecular formula is C15H20O2. The van der Waals surface area contributed by atoms with Crippen LogP contribution in [0.5, 0.6) is 0 Å². The first kappa shape index (κ1) is 13.6. The second-order valence-electron chi connectivity index (χ2n) is 4.73. The standard InChI is InChI=1S/C15H20O2/c1-3-4-10-15(2,11-12-16)14(17)13-8-6-5-7-9-13/h5-9,12H,3-4,10-11H2,1-2H3. The number of hydrogen-bond donors (Lipinski definition) is 0. The summed E-state index contributed by atoms with van der Waals surface area (Å²) in [7, 11) is 0. The molecule has 0 radical (unpaired) electrons. The van der Waals surface area contributed by atoms with Crippen molar-refractivity contribution in [2.24, 2.45) is 5.41 Å². The van der Waals surface area contributed by atoms with Crippen molar-refractivity contribution in [3.05, 3.63) is 35.9 Å². The van der Waals surface area contributed by atoms with Crippen molar-refractivity contribution in [1.29, 1.82) is 0 Å². The van der Waals surface area contributed by atoms with Gasteiger partial charge in [0.1, 0.15) is 6.29 Å². The molecule has 1 unspecified atom stereocenters. The number of carbonyl (C=O) groups is 2. The van der Waals surface area contributed by atoms with Crippen molar-refractivity contribution in [3.63, 3.8) is 0 Å². The highest BCUT2D eigenvalue weighted by atomic mass is 16.1. The minimum Gasteiger partial charge on any atom is -0.303 e. The Morgan fingerprint density at radius 2 is 1.94 bits per heavy atom. The van der Waals surface area contributed by atoms with Crippen LogP contribution in [0.1, 0.15) is 49.9 Å². The number of rotatable bonds is 7. The van der Waals surface area contributed by atoms with Crippen LogP contribution >= 0.6 is 0 Å². The molecule has 0 saturated heterocycles. The van der Waals surface area contributed by atoms with Gasteiger partial charge in [0.05, 0.1) is 0 Å². The lowest BCUT2D eigenvalue weighted by atomic mass is 9.76. The molecule has 0 saturated carbocycles. The van der Waals surface area contributed by atoms with Crippen LogP contribution in [-0.2, 0) is 4.79 Å². The lowest BCUT2D eigenvalue weighted by Gasteiger charge is -2.25. The summed E-state index contributed by atoms with van der Waals surface area (Å²) in [6.07, 6.45) is 3.95. The van der Waals surface area contributed by atoms with E-state index in [1.54, 1.807) is 0 Å². The van der Waals surface area contributed by atoms with E-state index < -0.39 is 5.41 Å². The molecule has 1 aromatic rings. The molecule has 0 fully saturated rings. The van der Waals surface area contributed by atoms with Gasteiger partial charge in [-0.1, -0.05) is 57.0 Å². The average Bonchev–Trinajstić information content (AvgIpc) is 2.37. The van der Waals surface area contributed by atoms with Crippen molar-refractivity contribution in [2.45, 2.75) is 39.5 Å². The fraction of sp³-hybridized carbons (Fsp3) is 0.467. The predicted octanol–water partition coefficient (Wildman–Crippen LogP) is 3.65. The monoisotopic (exact) mass is 232 g/mol. The molecule has 0 aromatic heterocycles. The van der Waals surface area contributed by atoms with Gasteiger partial charge >= 0.3 is 0 Å². The lowest BCUT2D eigenvalue weighted by Crippen LogP contribution is -2.28. The molecule has 0 bridgehead atoms. The molecule has 0 aliphatic rings. The number of ketones is 1. The number of Topliss-reactive ketones (excluding diaryl/α,β-unsaturated/α-hetero) is 1. The van der Waals surface area contributed by atoms with Gasteiger partial charge in [-0.2, -0.15) is 0 Å². The quantitative estimate of drug-likeness (QED) is 0.531. The molecule has 0 amide bonds. The van der Waals surface area contributed by atoms with Crippen LogP contribution in [0.15, 0.2) is 30.3 Å². The normalized spacial score (nSPS) is 14.0. The van der Waals surface area contributed by atoms with Crippen molar-refractivity contribution in [1.82, 2.24) is 0 Å². The summed E-state index contributed by atoms with van der Waals surface area (Å²) in [4.78, 5) is 23.2. The number of benzene rings is 1. The summed E-state index contributed by atoms with van der Waals surface area (Å²) in [6.45, 7) is 3.99. The molecule has 2 heteroatoms. The zero-order valence-corrected chi connectivity index (χ0v) is 10.6. The smallest absolute Gasteiger partial charge is 0.169 e. The molecule has 0 heterocycles. The van der Waals surface area contributed by atoms with Gasteiger partial charge in [0.25, 0.3) is 0 Å². The Morgan fingerprint density at radius 3 is 2.47 bits per heavy atom. The van der Waals surface area contributed by atoms with Crippen LogP contribution in [0, 0.1) is 5.41 Å². The highest BCUT2D eigenvalue weighted by molar-refractivity contribution is 6.01. The zero-order valence-electron chi connectivity index (χ0n) is 10.6. The van der Waals surface area contributed by atoms with Crippen molar-refractivity contribution >= 4 is 12.1 Å². The summed E-state index contributed by atoms with van der Waals surface area (Å²) < 4.78 is 0. The first-order valence-corrected chi connectivity index (χ1v) is 6.17. The summed E-state index contributed by atoms with van der Waals surface area (Å²) >= 11 is 0. The second kappa shape index (κ2) is 6.33. The summed E-state index contributed by atoms with van der Waals surface area (Å²) in [5.74, 6) is 0.0821. The van der Waals surface area contributed by atoms with E-state index in [2.05, 4.69) is 6.92 Å². The fourth-order valence-corrected chi connectivity index (χ4v) is 2.00. The highest BCUT2D eigenvalue weighted by Gasteiger charge is 2.32.